The number of morpholine rings is 1. The summed E-state index contributed by atoms with van der Waals surface area (Å²) in [5, 5.41) is 2.00. The number of hydrogen-bond donors (Lipinski definition) is 1. The fourth-order valence-electron chi connectivity index (χ4n) is 3.05. The van der Waals surface area contributed by atoms with Crippen molar-refractivity contribution in [2.45, 2.75) is 12.2 Å². The number of benzene rings is 2. The van der Waals surface area contributed by atoms with E-state index >= 15 is 0 Å². The molecule has 2 aromatic rings. The van der Waals surface area contributed by atoms with Gasteiger partial charge >= 0.3 is 6.18 Å². The summed E-state index contributed by atoms with van der Waals surface area (Å²) in [5.41, 5.74) is 0.955. The molecule has 1 saturated heterocycles. The van der Waals surface area contributed by atoms with Crippen LogP contribution in [0.1, 0.15) is 17.2 Å². The molecule has 1 amide bonds. The van der Waals surface area contributed by atoms with Crippen LogP contribution >= 0.6 is 0 Å². The van der Waals surface area contributed by atoms with Crippen molar-refractivity contribution in [2.75, 3.05) is 31.2 Å². The third-order valence-electron chi connectivity index (χ3n) is 4.47. The number of anilines is 1. The van der Waals surface area contributed by atoms with Gasteiger partial charge in [0.15, 0.2) is 6.04 Å². The number of carbonyl (C=O) groups excluding carboxylic acids is 1. The number of amides is 1. The summed E-state index contributed by atoms with van der Waals surface area (Å²) >= 11 is 0. The molecule has 1 aliphatic heterocycles. The molecule has 1 atom stereocenters. The number of nitrogens with zero attached hydrogens (tertiary/aromatic N) is 1. The van der Waals surface area contributed by atoms with Crippen molar-refractivity contribution in [3.05, 3.63) is 71.6 Å². The maximum atomic E-state index is 13.6. The molecule has 0 spiro atoms. The van der Waals surface area contributed by atoms with Crippen molar-refractivity contribution in [1.82, 2.24) is 5.32 Å². The molecule has 0 bridgehead atoms. The van der Waals surface area contributed by atoms with Gasteiger partial charge in [0.2, 0.25) is 5.91 Å². The molecule has 1 N–H and O–H groups in total. The average molecular weight is 408 g/mol. The Morgan fingerprint density at radius 2 is 1.83 bits per heavy atom. The lowest BCUT2D eigenvalue weighted by Crippen LogP contribution is -2.38. The summed E-state index contributed by atoms with van der Waals surface area (Å²) < 4.78 is 59.3. The molecule has 0 aliphatic carbocycles. The third-order valence-corrected chi connectivity index (χ3v) is 4.47. The van der Waals surface area contributed by atoms with Crippen molar-refractivity contribution in [3.63, 3.8) is 0 Å². The lowest BCUT2D eigenvalue weighted by Gasteiger charge is -2.30. The Kier molecular flexibility index (Phi) is 6.53. The van der Waals surface area contributed by atoms with E-state index in [0.717, 1.165) is 6.08 Å². The highest BCUT2D eigenvalue weighted by Crippen LogP contribution is 2.34. The van der Waals surface area contributed by atoms with E-state index in [9.17, 15) is 22.4 Å². The van der Waals surface area contributed by atoms with Crippen molar-refractivity contribution in [1.29, 1.82) is 0 Å². The minimum absolute atomic E-state index is 0.0611. The number of nitrogens with one attached hydrogen (secondary N) is 1. The number of carbonyl (C=O) groups is 1. The van der Waals surface area contributed by atoms with Gasteiger partial charge in [-0.2, -0.15) is 13.2 Å². The predicted molar refractivity (Wildman–Crippen MR) is 102 cm³/mol. The van der Waals surface area contributed by atoms with Crippen LogP contribution in [0.2, 0.25) is 0 Å². The van der Waals surface area contributed by atoms with Gasteiger partial charge in [0.25, 0.3) is 0 Å². The van der Waals surface area contributed by atoms with E-state index in [-0.39, 0.29) is 5.56 Å². The van der Waals surface area contributed by atoms with Gasteiger partial charge in [0, 0.05) is 24.9 Å². The number of ether oxygens (including phenoxy) is 1. The van der Waals surface area contributed by atoms with Crippen LogP contribution < -0.4 is 10.2 Å². The quantitative estimate of drug-likeness (QED) is 0.599. The molecule has 4 nitrogen and oxygen atoms in total. The predicted octanol–water partition coefficient (Wildman–Crippen LogP) is 4.10. The Morgan fingerprint density at radius 3 is 2.52 bits per heavy atom. The fourth-order valence-corrected chi connectivity index (χ4v) is 3.05. The molecule has 1 aliphatic rings. The summed E-state index contributed by atoms with van der Waals surface area (Å²) in [7, 11) is 0. The minimum atomic E-state index is -4.67. The standard InChI is InChI=1S/C21H20F4N2O2/c22-17-5-1-3-15(13-17)7-8-19(28)26-20(21(23,24)25)16-4-2-6-18(14-16)27-9-11-29-12-10-27/h1-8,13-14,20H,9-12H2,(H,26,28). The molecule has 1 fully saturated rings. The molecule has 1 heterocycles. The van der Waals surface area contributed by atoms with Crippen LogP contribution in [0.3, 0.4) is 0 Å². The molecule has 1 unspecified atom stereocenters. The Hall–Kier alpha value is -2.87. The molecule has 8 heteroatoms. The zero-order valence-electron chi connectivity index (χ0n) is 15.5. The summed E-state index contributed by atoms with van der Waals surface area (Å²) in [6, 6.07) is 9.27. The Balaban J connectivity index is 1.77. The van der Waals surface area contributed by atoms with Gasteiger partial charge in [-0.3, -0.25) is 4.79 Å². The second kappa shape index (κ2) is 9.09. The van der Waals surface area contributed by atoms with Crippen LogP contribution in [-0.2, 0) is 9.53 Å². The third kappa shape index (κ3) is 5.80. The summed E-state index contributed by atoms with van der Waals surface area (Å²) in [4.78, 5) is 14.0. The molecule has 0 radical (unpaired) electrons. The van der Waals surface area contributed by atoms with E-state index in [0.29, 0.717) is 37.6 Å². The lowest BCUT2D eigenvalue weighted by atomic mass is 10.0. The van der Waals surface area contributed by atoms with Crippen LogP contribution in [0.4, 0.5) is 23.2 Å². The highest BCUT2D eigenvalue weighted by molar-refractivity contribution is 5.92. The maximum Gasteiger partial charge on any atom is 0.412 e. The van der Waals surface area contributed by atoms with Crippen LogP contribution in [0.15, 0.2) is 54.6 Å². The van der Waals surface area contributed by atoms with E-state index in [1.54, 1.807) is 12.1 Å². The highest BCUT2D eigenvalue weighted by atomic mass is 19.4. The molecule has 2 aromatic carbocycles. The van der Waals surface area contributed by atoms with Gasteiger partial charge in [-0.05, 0) is 41.5 Å². The van der Waals surface area contributed by atoms with Gasteiger partial charge in [0.1, 0.15) is 5.82 Å². The largest absolute Gasteiger partial charge is 0.412 e. The van der Waals surface area contributed by atoms with Gasteiger partial charge in [-0.15, -0.1) is 0 Å². The van der Waals surface area contributed by atoms with Gasteiger partial charge in [-0.25, -0.2) is 4.39 Å². The molecular weight excluding hydrogens is 388 g/mol. The number of halogens is 4. The van der Waals surface area contributed by atoms with E-state index in [4.69, 9.17) is 4.74 Å². The van der Waals surface area contributed by atoms with Crippen LogP contribution in [-0.4, -0.2) is 38.4 Å². The Bertz CT molecular complexity index is 877. The van der Waals surface area contributed by atoms with E-state index in [2.05, 4.69) is 0 Å². The Labute approximate surface area is 165 Å². The second-order valence-electron chi connectivity index (χ2n) is 6.57. The number of alkyl halides is 3. The van der Waals surface area contributed by atoms with E-state index in [1.165, 1.54) is 42.5 Å². The molecule has 0 aromatic heterocycles. The molecular formula is C21H20F4N2O2. The van der Waals surface area contributed by atoms with Crippen molar-refractivity contribution >= 4 is 17.7 Å². The molecule has 3 rings (SSSR count). The minimum Gasteiger partial charge on any atom is -0.378 e. The first-order valence-electron chi connectivity index (χ1n) is 9.06. The summed E-state index contributed by atoms with van der Waals surface area (Å²) in [5.74, 6) is -1.42. The normalized spacial score (nSPS) is 16.1. The lowest BCUT2D eigenvalue weighted by molar-refractivity contribution is -0.162. The maximum absolute atomic E-state index is 13.6. The zero-order chi connectivity index (χ0) is 20.9. The second-order valence-corrected chi connectivity index (χ2v) is 6.57. The topological polar surface area (TPSA) is 41.6 Å². The average Bonchev–Trinajstić information content (AvgIpc) is 2.70. The number of hydrogen-bond acceptors (Lipinski definition) is 3. The monoisotopic (exact) mass is 408 g/mol. The van der Waals surface area contributed by atoms with Gasteiger partial charge < -0.3 is 15.0 Å². The van der Waals surface area contributed by atoms with Crippen molar-refractivity contribution < 1.29 is 27.1 Å². The first-order valence-corrected chi connectivity index (χ1v) is 9.06. The van der Waals surface area contributed by atoms with Gasteiger partial charge in [-0.1, -0.05) is 24.3 Å². The van der Waals surface area contributed by atoms with Gasteiger partial charge in [0.05, 0.1) is 13.2 Å². The molecule has 154 valence electrons. The van der Waals surface area contributed by atoms with Crippen molar-refractivity contribution in [3.8, 4) is 0 Å². The SMILES string of the molecule is O=C(C=Cc1cccc(F)c1)NC(c1cccc(N2CCOCC2)c1)C(F)(F)F. The summed E-state index contributed by atoms with van der Waals surface area (Å²) in [6.45, 7) is 2.19. The first-order chi connectivity index (χ1) is 13.8. The van der Waals surface area contributed by atoms with Crippen LogP contribution in [0.5, 0.6) is 0 Å². The summed E-state index contributed by atoms with van der Waals surface area (Å²) in [6.07, 6.45) is -2.46. The van der Waals surface area contributed by atoms with Crippen molar-refractivity contribution in [2.24, 2.45) is 0 Å². The first kappa shape index (κ1) is 20.9. The molecule has 29 heavy (non-hydrogen) atoms. The number of rotatable bonds is 5. The van der Waals surface area contributed by atoms with Crippen LogP contribution in [0.25, 0.3) is 6.08 Å². The van der Waals surface area contributed by atoms with Crippen LogP contribution in [0, 0.1) is 5.82 Å². The van der Waals surface area contributed by atoms with E-state index < -0.39 is 23.9 Å². The molecule has 0 saturated carbocycles. The van der Waals surface area contributed by atoms with E-state index in [1.807, 2.05) is 10.2 Å². The Morgan fingerprint density at radius 1 is 1.10 bits per heavy atom. The smallest absolute Gasteiger partial charge is 0.378 e. The fraction of sp³-hybridized carbons (Fsp3) is 0.286. The highest BCUT2D eigenvalue weighted by Gasteiger charge is 2.41. The zero-order valence-corrected chi connectivity index (χ0v) is 15.5.